The lowest BCUT2D eigenvalue weighted by Crippen LogP contribution is -2.42. The Labute approximate surface area is 141 Å². The van der Waals surface area contributed by atoms with Crippen molar-refractivity contribution in [3.8, 4) is 0 Å². The molecule has 1 N–H and O–H groups in total. The minimum atomic E-state index is -4.61. The van der Waals surface area contributed by atoms with E-state index in [1.807, 2.05) is 0 Å². The van der Waals surface area contributed by atoms with E-state index < -0.39 is 23.8 Å². The number of nitrogens with zero attached hydrogens (tertiary/aromatic N) is 4. The van der Waals surface area contributed by atoms with Gasteiger partial charge in [-0.25, -0.2) is 4.68 Å². The van der Waals surface area contributed by atoms with E-state index in [-0.39, 0.29) is 11.6 Å². The Morgan fingerprint density at radius 2 is 2.08 bits per heavy atom. The van der Waals surface area contributed by atoms with Crippen LogP contribution in [0.15, 0.2) is 36.7 Å². The van der Waals surface area contributed by atoms with Gasteiger partial charge in [0.1, 0.15) is 6.04 Å². The van der Waals surface area contributed by atoms with Gasteiger partial charge in [0.2, 0.25) is 0 Å². The normalized spacial score (nSPS) is 20.4. The largest absolute Gasteiger partial charge is 0.480 e. The highest BCUT2D eigenvalue weighted by atomic mass is 19.4. The van der Waals surface area contributed by atoms with Crippen LogP contribution in [0.1, 0.15) is 36.1 Å². The SMILES string of the molecule is O=C(O)C(c1ccccc1C(F)(F)F)N1CCCC(n2ccnn2)C1. The highest BCUT2D eigenvalue weighted by molar-refractivity contribution is 5.76. The van der Waals surface area contributed by atoms with Gasteiger partial charge in [0, 0.05) is 12.7 Å². The minimum Gasteiger partial charge on any atom is -0.480 e. The van der Waals surface area contributed by atoms with Crippen LogP contribution in [0.4, 0.5) is 13.2 Å². The van der Waals surface area contributed by atoms with E-state index in [0.717, 1.165) is 12.5 Å². The summed E-state index contributed by atoms with van der Waals surface area (Å²) < 4.78 is 41.5. The van der Waals surface area contributed by atoms with Crippen LogP contribution in [0, 0.1) is 0 Å². The molecule has 1 aromatic carbocycles. The monoisotopic (exact) mass is 354 g/mol. The van der Waals surface area contributed by atoms with Crippen molar-refractivity contribution in [1.29, 1.82) is 0 Å². The van der Waals surface area contributed by atoms with Gasteiger partial charge in [-0.15, -0.1) is 5.10 Å². The molecule has 3 rings (SSSR count). The first-order chi connectivity index (χ1) is 11.9. The van der Waals surface area contributed by atoms with Crippen LogP contribution in [0.3, 0.4) is 0 Å². The fourth-order valence-corrected chi connectivity index (χ4v) is 3.33. The fourth-order valence-electron chi connectivity index (χ4n) is 3.33. The summed E-state index contributed by atoms with van der Waals surface area (Å²) in [6, 6.07) is 3.38. The molecule has 0 aliphatic carbocycles. The second-order valence-electron chi connectivity index (χ2n) is 6.00. The lowest BCUT2D eigenvalue weighted by molar-refractivity contribution is -0.146. The predicted molar refractivity (Wildman–Crippen MR) is 81.7 cm³/mol. The number of halogens is 3. The van der Waals surface area contributed by atoms with Crippen molar-refractivity contribution in [2.45, 2.75) is 31.1 Å². The molecule has 9 heteroatoms. The van der Waals surface area contributed by atoms with Crippen LogP contribution >= 0.6 is 0 Å². The Bertz CT molecular complexity index is 733. The molecule has 1 aliphatic heterocycles. The van der Waals surface area contributed by atoms with Gasteiger partial charge >= 0.3 is 12.1 Å². The summed E-state index contributed by atoms with van der Waals surface area (Å²) >= 11 is 0. The van der Waals surface area contributed by atoms with Crippen molar-refractivity contribution in [2.75, 3.05) is 13.1 Å². The molecule has 6 nitrogen and oxygen atoms in total. The van der Waals surface area contributed by atoms with Crippen molar-refractivity contribution < 1.29 is 23.1 Å². The van der Waals surface area contributed by atoms with E-state index in [1.165, 1.54) is 24.4 Å². The summed E-state index contributed by atoms with van der Waals surface area (Å²) in [4.78, 5) is 13.4. The third-order valence-corrected chi connectivity index (χ3v) is 4.40. The number of rotatable bonds is 4. The van der Waals surface area contributed by atoms with Gasteiger partial charge in [-0.2, -0.15) is 13.2 Å². The lowest BCUT2D eigenvalue weighted by Gasteiger charge is -2.37. The summed E-state index contributed by atoms with van der Waals surface area (Å²) in [6.45, 7) is 0.709. The van der Waals surface area contributed by atoms with Crippen LogP contribution in [0.2, 0.25) is 0 Å². The zero-order valence-corrected chi connectivity index (χ0v) is 13.2. The molecule has 0 radical (unpaired) electrons. The number of carboxylic acid groups (broad SMARTS) is 1. The third-order valence-electron chi connectivity index (χ3n) is 4.40. The summed E-state index contributed by atoms with van der Waals surface area (Å²) in [5, 5.41) is 17.3. The number of benzene rings is 1. The third kappa shape index (κ3) is 3.65. The minimum absolute atomic E-state index is 0.115. The Kier molecular flexibility index (Phi) is 4.76. The van der Waals surface area contributed by atoms with Gasteiger partial charge in [0.15, 0.2) is 0 Å². The molecule has 1 aromatic heterocycles. The Morgan fingerprint density at radius 3 is 2.72 bits per heavy atom. The van der Waals surface area contributed by atoms with Crippen molar-refractivity contribution in [3.05, 3.63) is 47.8 Å². The van der Waals surface area contributed by atoms with E-state index >= 15 is 0 Å². The molecule has 2 unspecified atom stereocenters. The zero-order chi connectivity index (χ0) is 18.0. The Balaban J connectivity index is 1.93. The van der Waals surface area contributed by atoms with Crippen molar-refractivity contribution in [2.24, 2.45) is 0 Å². The maximum Gasteiger partial charge on any atom is 0.416 e. The van der Waals surface area contributed by atoms with Gasteiger partial charge in [-0.1, -0.05) is 23.4 Å². The predicted octanol–water partition coefficient (Wildman–Crippen LogP) is 2.76. The molecule has 2 atom stereocenters. The van der Waals surface area contributed by atoms with E-state index in [4.69, 9.17) is 0 Å². The smallest absolute Gasteiger partial charge is 0.416 e. The van der Waals surface area contributed by atoms with Crippen molar-refractivity contribution >= 4 is 5.97 Å². The summed E-state index contributed by atoms with van der Waals surface area (Å²) in [7, 11) is 0. The number of hydrogen-bond donors (Lipinski definition) is 1. The molecule has 1 aliphatic rings. The molecule has 25 heavy (non-hydrogen) atoms. The molecular formula is C16H17F3N4O2. The van der Waals surface area contributed by atoms with Crippen LogP contribution in [-0.4, -0.2) is 44.1 Å². The highest BCUT2D eigenvalue weighted by Crippen LogP contribution is 2.38. The van der Waals surface area contributed by atoms with Gasteiger partial charge < -0.3 is 5.11 Å². The first kappa shape index (κ1) is 17.4. The number of carbonyl (C=O) groups is 1. The quantitative estimate of drug-likeness (QED) is 0.914. The summed E-state index contributed by atoms with van der Waals surface area (Å²) in [6.07, 6.45) is 0.0289. The second-order valence-corrected chi connectivity index (χ2v) is 6.00. The van der Waals surface area contributed by atoms with Gasteiger partial charge in [-0.05, 0) is 31.0 Å². The van der Waals surface area contributed by atoms with Gasteiger partial charge in [-0.3, -0.25) is 9.69 Å². The number of aromatic nitrogens is 3. The molecule has 0 spiro atoms. The maximum absolute atomic E-state index is 13.3. The highest BCUT2D eigenvalue weighted by Gasteiger charge is 2.40. The van der Waals surface area contributed by atoms with Crippen LogP contribution in [0.25, 0.3) is 0 Å². The molecule has 1 fully saturated rings. The molecular weight excluding hydrogens is 337 g/mol. The molecule has 2 heterocycles. The number of hydrogen-bond acceptors (Lipinski definition) is 4. The Morgan fingerprint density at radius 1 is 1.32 bits per heavy atom. The molecule has 2 aromatic rings. The van der Waals surface area contributed by atoms with E-state index in [1.54, 1.807) is 15.8 Å². The van der Waals surface area contributed by atoms with Gasteiger partial charge in [0.25, 0.3) is 0 Å². The topological polar surface area (TPSA) is 71.2 Å². The average Bonchev–Trinajstić information content (AvgIpc) is 3.09. The van der Waals surface area contributed by atoms with E-state index in [9.17, 15) is 23.1 Å². The number of likely N-dealkylation sites (tertiary alicyclic amines) is 1. The van der Waals surface area contributed by atoms with Gasteiger partial charge in [0.05, 0.1) is 17.8 Å². The molecule has 0 saturated carbocycles. The fraction of sp³-hybridized carbons (Fsp3) is 0.438. The first-order valence-electron chi connectivity index (χ1n) is 7.86. The molecule has 0 amide bonds. The number of aliphatic carboxylic acids is 1. The molecule has 134 valence electrons. The zero-order valence-electron chi connectivity index (χ0n) is 13.2. The lowest BCUT2D eigenvalue weighted by atomic mass is 9.95. The second kappa shape index (κ2) is 6.83. The molecule has 0 bridgehead atoms. The Hall–Kier alpha value is -2.42. The standard InChI is InChI=1S/C16H17F3N4O2/c17-16(18,19)13-6-2-1-5-12(13)14(15(24)25)22-8-3-4-11(10-22)23-9-7-20-21-23/h1-2,5-7,9,11,14H,3-4,8,10H2,(H,24,25). The first-order valence-corrected chi connectivity index (χ1v) is 7.86. The number of carboxylic acids is 1. The summed E-state index contributed by atoms with van der Waals surface area (Å²) in [5.74, 6) is -1.30. The average molecular weight is 354 g/mol. The molecule has 1 saturated heterocycles. The number of piperidine rings is 1. The summed E-state index contributed by atoms with van der Waals surface area (Å²) in [5.41, 5.74) is -1.15. The van der Waals surface area contributed by atoms with Crippen LogP contribution in [0.5, 0.6) is 0 Å². The number of alkyl halides is 3. The van der Waals surface area contributed by atoms with Crippen LogP contribution in [-0.2, 0) is 11.0 Å². The van der Waals surface area contributed by atoms with Crippen LogP contribution < -0.4 is 0 Å². The maximum atomic E-state index is 13.3. The van der Waals surface area contributed by atoms with E-state index in [0.29, 0.717) is 19.5 Å². The van der Waals surface area contributed by atoms with E-state index in [2.05, 4.69) is 10.3 Å². The van der Waals surface area contributed by atoms with Crippen molar-refractivity contribution in [1.82, 2.24) is 19.9 Å². The van der Waals surface area contributed by atoms with Crippen molar-refractivity contribution in [3.63, 3.8) is 0 Å².